The van der Waals surface area contributed by atoms with Gasteiger partial charge in [-0.2, -0.15) is 0 Å². The third-order valence-electron chi connectivity index (χ3n) is 6.85. The number of anilines is 2. The van der Waals surface area contributed by atoms with Gasteiger partial charge in [-0.1, -0.05) is 26.0 Å². The molecule has 1 fully saturated rings. The number of rotatable bonds is 9. The van der Waals surface area contributed by atoms with Crippen molar-refractivity contribution >= 4 is 23.2 Å². The minimum absolute atomic E-state index is 0.0362. The lowest BCUT2D eigenvalue weighted by atomic mass is 9.99. The van der Waals surface area contributed by atoms with Crippen molar-refractivity contribution in [2.75, 3.05) is 50.1 Å². The number of nitrogens with one attached hydrogen (secondary N) is 1. The molecular weight excluding hydrogens is 466 g/mol. The van der Waals surface area contributed by atoms with Crippen LogP contribution in [-0.4, -0.2) is 56.6 Å². The number of amides is 2. The monoisotopic (exact) mass is 501 g/mol. The lowest BCUT2D eigenvalue weighted by Crippen LogP contribution is -2.48. The van der Waals surface area contributed by atoms with Gasteiger partial charge in [0, 0.05) is 43.1 Å². The van der Waals surface area contributed by atoms with Gasteiger partial charge in [0.15, 0.2) is 6.61 Å². The molecule has 2 amide bonds. The van der Waals surface area contributed by atoms with Gasteiger partial charge in [-0.15, -0.1) is 0 Å². The van der Waals surface area contributed by atoms with E-state index in [-0.39, 0.29) is 18.4 Å². The Bertz CT molecular complexity index is 1170. The lowest BCUT2D eigenvalue weighted by molar-refractivity contribution is -0.118. The molecule has 1 aliphatic rings. The summed E-state index contributed by atoms with van der Waals surface area (Å²) in [6, 6.07) is 22.9. The molecule has 0 radical (unpaired) electrons. The highest BCUT2D eigenvalue weighted by Crippen LogP contribution is 2.23. The van der Waals surface area contributed by atoms with Crippen LogP contribution in [0.15, 0.2) is 72.8 Å². The molecule has 7 heteroatoms. The summed E-state index contributed by atoms with van der Waals surface area (Å²) in [4.78, 5) is 29.3. The number of carbonyl (C=O) groups excluding carboxylic acids is 2. The zero-order valence-electron chi connectivity index (χ0n) is 21.8. The summed E-state index contributed by atoms with van der Waals surface area (Å²) in [6.45, 7) is 7.11. The first-order valence-corrected chi connectivity index (χ1v) is 12.8. The van der Waals surface area contributed by atoms with Gasteiger partial charge in [-0.05, 0) is 78.6 Å². The van der Waals surface area contributed by atoms with Crippen LogP contribution in [0.3, 0.4) is 0 Å². The second-order valence-corrected chi connectivity index (χ2v) is 9.27. The molecule has 0 aliphatic carbocycles. The van der Waals surface area contributed by atoms with Crippen molar-refractivity contribution in [2.24, 2.45) is 0 Å². The van der Waals surface area contributed by atoms with Gasteiger partial charge in [0.1, 0.15) is 11.5 Å². The van der Waals surface area contributed by atoms with Gasteiger partial charge < -0.3 is 24.6 Å². The fraction of sp³-hybridized carbons (Fsp3) is 0.333. The first-order chi connectivity index (χ1) is 18.0. The zero-order valence-corrected chi connectivity index (χ0v) is 21.8. The lowest BCUT2D eigenvalue weighted by Gasteiger charge is -2.36. The molecule has 1 N–H and O–H groups in total. The molecule has 0 bridgehead atoms. The quantitative estimate of drug-likeness (QED) is 0.437. The number of carbonyl (C=O) groups is 2. The molecule has 0 unspecified atom stereocenters. The van der Waals surface area contributed by atoms with Crippen LogP contribution in [0.25, 0.3) is 0 Å². The van der Waals surface area contributed by atoms with E-state index in [1.807, 2.05) is 41.3 Å². The molecule has 194 valence electrons. The largest absolute Gasteiger partial charge is 0.497 e. The molecular formula is C30H35N3O4. The SMILES string of the molecule is CC[C@H](C)c1ccc(OCC(=O)Nc2ccc(N3CCN(C(=O)c4ccc(OC)cc4)CC3)cc2)cc1. The van der Waals surface area contributed by atoms with Crippen LogP contribution in [0.2, 0.25) is 0 Å². The molecule has 0 spiro atoms. The Labute approximate surface area is 219 Å². The summed E-state index contributed by atoms with van der Waals surface area (Å²) in [6.07, 6.45) is 1.09. The second kappa shape index (κ2) is 12.3. The predicted octanol–water partition coefficient (Wildman–Crippen LogP) is 5.19. The van der Waals surface area contributed by atoms with Gasteiger partial charge >= 0.3 is 0 Å². The van der Waals surface area contributed by atoms with Crippen molar-refractivity contribution in [3.05, 3.63) is 83.9 Å². The highest BCUT2D eigenvalue weighted by Gasteiger charge is 2.22. The van der Waals surface area contributed by atoms with Crippen LogP contribution < -0.4 is 19.7 Å². The molecule has 37 heavy (non-hydrogen) atoms. The van der Waals surface area contributed by atoms with Crippen molar-refractivity contribution < 1.29 is 19.1 Å². The molecule has 0 aromatic heterocycles. The van der Waals surface area contributed by atoms with Crippen molar-refractivity contribution in [1.82, 2.24) is 4.90 Å². The number of nitrogens with zero attached hydrogens (tertiary/aromatic N) is 2. The van der Waals surface area contributed by atoms with Gasteiger partial charge in [-0.25, -0.2) is 0 Å². The Morgan fingerprint density at radius 3 is 2.08 bits per heavy atom. The molecule has 3 aromatic carbocycles. The van der Waals surface area contributed by atoms with Crippen LogP contribution in [0.4, 0.5) is 11.4 Å². The Hall–Kier alpha value is -4.00. The van der Waals surface area contributed by atoms with E-state index in [1.54, 1.807) is 31.4 Å². The number of ether oxygens (including phenoxy) is 2. The molecule has 0 saturated carbocycles. The smallest absolute Gasteiger partial charge is 0.262 e. The molecule has 1 aliphatic heterocycles. The Morgan fingerprint density at radius 2 is 1.49 bits per heavy atom. The van der Waals surface area contributed by atoms with Crippen molar-refractivity contribution in [3.8, 4) is 11.5 Å². The maximum atomic E-state index is 12.8. The maximum Gasteiger partial charge on any atom is 0.262 e. The molecule has 3 aromatic rings. The van der Waals surface area contributed by atoms with Gasteiger partial charge in [0.25, 0.3) is 11.8 Å². The summed E-state index contributed by atoms with van der Waals surface area (Å²) >= 11 is 0. The summed E-state index contributed by atoms with van der Waals surface area (Å²) in [5.41, 5.74) is 3.72. The predicted molar refractivity (Wildman–Crippen MR) is 147 cm³/mol. The summed E-state index contributed by atoms with van der Waals surface area (Å²) in [5.74, 6) is 1.76. The highest BCUT2D eigenvalue weighted by atomic mass is 16.5. The van der Waals surface area contributed by atoms with Crippen molar-refractivity contribution in [1.29, 1.82) is 0 Å². The van der Waals surface area contributed by atoms with E-state index < -0.39 is 0 Å². The highest BCUT2D eigenvalue weighted by molar-refractivity contribution is 5.94. The van der Waals surface area contributed by atoms with Crippen LogP contribution in [0.5, 0.6) is 11.5 Å². The van der Waals surface area contributed by atoms with E-state index in [1.165, 1.54) is 5.56 Å². The fourth-order valence-corrected chi connectivity index (χ4v) is 4.31. The molecule has 7 nitrogen and oxygen atoms in total. The van der Waals surface area contributed by atoms with Crippen LogP contribution in [-0.2, 0) is 4.79 Å². The average Bonchev–Trinajstić information content (AvgIpc) is 2.96. The Kier molecular flexibility index (Phi) is 8.67. The number of methoxy groups -OCH3 is 1. The number of hydrogen-bond donors (Lipinski definition) is 1. The summed E-state index contributed by atoms with van der Waals surface area (Å²) in [5, 5.41) is 2.89. The average molecular weight is 502 g/mol. The third kappa shape index (κ3) is 6.82. The topological polar surface area (TPSA) is 71.1 Å². The van der Waals surface area contributed by atoms with E-state index in [2.05, 4.69) is 36.2 Å². The summed E-state index contributed by atoms with van der Waals surface area (Å²) in [7, 11) is 1.61. The fourth-order valence-electron chi connectivity index (χ4n) is 4.31. The molecule has 1 saturated heterocycles. The number of benzene rings is 3. The molecule has 4 rings (SSSR count). The van der Waals surface area contributed by atoms with E-state index in [9.17, 15) is 9.59 Å². The first kappa shape index (κ1) is 26.1. The Balaban J connectivity index is 1.23. The van der Waals surface area contributed by atoms with Crippen molar-refractivity contribution in [3.63, 3.8) is 0 Å². The minimum atomic E-state index is -0.204. The van der Waals surface area contributed by atoms with Gasteiger partial charge in [0.2, 0.25) is 0 Å². The van der Waals surface area contributed by atoms with Crippen LogP contribution >= 0.6 is 0 Å². The normalized spacial score (nSPS) is 14.1. The number of hydrogen-bond acceptors (Lipinski definition) is 5. The van der Waals surface area contributed by atoms with E-state index in [4.69, 9.17) is 9.47 Å². The Morgan fingerprint density at radius 1 is 0.865 bits per heavy atom. The van der Waals surface area contributed by atoms with Crippen LogP contribution in [0.1, 0.15) is 42.1 Å². The van der Waals surface area contributed by atoms with Crippen LogP contribution in [0, 0.1) is 0 Å². The third-order valence-corrected chi connectivity index (χ3v) is 6.85. The minimum Gasteiger partial charge on any atom is -0.497 e. The zero-order chi connectivity index (χ0) is 26.2. The van der Waals surface area contributed by atoms with Gasteiger partial charge in [0.05, 0.1) is 7.11 Å². The van der Waals surface area contributed by atoms with E-state index >= 15 is 0 Å². The summed E-state index contributed by atoms with van der Waals surface area (Å²) < 4.78 is 10.8. The van der Waals surface area contributed by atoms with Gasteiger partial charge in [-0.3, -0.25) is 9.59 Å². The first-order valence-electron chi connectivity index (χ1n) is 12.8. The molecule has 1 heterocycles. The van der Waals surface area contributed by atoms with Crippen molar-refractivity contribution in [2.45, 2.75) is 26.2 Å². The second-order valence-electron chi connectivity index (χ2n) is 9.27. The molecule has 1 atom stereocenters. The van der Waals surface area contributed by atoms with E-state index in [0.29, 0.717) is 30.3 Å². The van der Waals surface area contributed by atoms with E-state index in [0.717, 1.165) is 36.6 Å². The standard InChI is InChI=1S/C30H35N3O4/c1-4-22(2)23-5-15-28(16-6-23)37-21-29(34)31-25-9-11-26(12-10-25)32-17-19-33(20-18-32)30(35)24-7-13-27(36-3)14-8-24/h5-16,22H,4,17-21H2,1-3H3,(H,31,34)/t22-/m0/s1. The number of piperazine rings is 1. The maximum absolute atomic E-state index is 12.8.